The van der Waals surface area contributed by atoms with Crippen molar-refractivity contribution >= 4 is 29.5 Å². The van der Waals surface area contributed by atoms with Gasteiger partial charge in [0.1, 0.15) is 11.1 Å². The molecule has 4 aliphatic rings. The molecule has 2 bridgehead atoms. The summed E-state index contributed by atoms with van der Waals surface area (Å²) < 4.78 is 5.14. The molecule has 3 unspecified atom stereocenters. The molecule has 1 spiro atoms. The van der Waals surface area contributed by atoms with Crippen molar-refractivity contribution in [1.29, 1.82) is 0 Å². The number of nitrogens with zero attached hydrogens (tertiary/aromatic N) is 1. The minimum atomic E-state index is -2.70. The van der Waals surface area contributed by atoms with E-state index in [-0.39, 0.29) is 24.0 Å². The molecule has 0 aromatic heterocycles. The number of Topliss-reactive ketones (excluding diaryl/α,β-unsaturated/α-hetero) is 2. The number of esters is 1. The first-order chi connectivity index (χ1) is 16.9. The minimum Gasteiger partial charge on any atom is -0.481 e. The molecule has 2 heterocycles. The number of hydrazine groups is 2. The second-order valence-corrected chi connectivity index (χ2v) is 9.42. The van der Waals surface area contributed by atoms with E-state index in [1.165, 1.54) is 24.3 Å². The molecule has 1 aromatic carbocycles. The molecule has 15 nitrogen and oxygen atoms in total. The molecule has 36 heavy (non-hydrogen) atoms. The predicted molar refractivity (Wildman–Crippen MR) is 116 cm³/mol. The molecule has 3 atom stereocenters. The van der Waals surface area contributed by atoms with Gasteiger partial charge < -0.3 is 26.1 Å². The molecular weight excluding hydrogens is 478 g/mol. The fraction of sp³-hybridized carbons (Fsp3) is 0.476. The van der Waals surface area contributed by atoms with Crippen LogP contribution in [-0.4, -0.2) is 62.9 Å². The van der Waals surface area contributed by atoms with Crippen LogP contribution in [-0.2, 0) is 24.0 Å². The lowest BCUT2D eigenvalue weighted by Gasteiger charge is -2.55. The quantitative estimate of drug-likeness (QED) is 0.126. The zero-order chi connectivity index (χ0) is 26.1. The lowest BCUT2D eigenvalue weighted by molar-refractivity contribution is -0.198. The maximum atomic E-state index is 13.5. The Kier molecular flexibility index (Phi) is 5.31. The zero-order valence-corrected chi connectivity index (χ0v) is 18.9. The lowest BCUT2D eigenvalue weighted by atomic mass is 9.63. The van der Waals surface area contributed by atoms with Gasteiger partial charge in [-0.05, 0) is 12.8 Å². The highest BCUT2D eigenvalue weighted by atomic mass is 16.7. The number of carbonyl (C=O) groups excluding carboxylic acids is 4. The van der Waals surface area contributed by atoms with Gasteiger partial charge in [0.25, 0.3) is 11.8 Å². The van der Waals surface area contributed by atoms with Gasteiger partial charge >= 0.3 is 17.9 Å². The van der Waals surface area contributed by atoms with Gasteiger partial charge in [-0.15, -0.1) is 10.6 Å². The number of nitrogens with one attached hydrogen (secondary N) is 3. The fourth-order valence-corrected chi connectivity index (χ4v) is 5.37. The highest BCUT2D eigenvalue weighted by Crippen LogP contribution is 2.46. The highest BCUT2D eigenvalue weighted by Gasteiger charge is 2.70. The number of hydroxylamine groups is 1. The summed E-state index contributed by atoms with van der Waals surface area (Å²) in [6.45, 7) is 0. The van der Waals surface area contributed by atoms with E-state index < -0.39 is 58.1 Å². The summed E-state index contributed by atoms with van der Waals surface area (Å²) in [6.07, 6.45) is -0.148. The Bertz CT molecular complexity index is 1160. The van der Waals surface area contributed by atoms with Gasteiger partial charge in [0.15, 0.2) is 0 Å². The Morgan fingerprint density at radius 3 is 2.19 bits per heavy atom. The van der Waals surface area contributed by atoms with E-state index in [2.05, 4.69) is 16.3 Å². The van der Waals surface area contributed by atoms with E-state index in [1.807, 2.05) is 0 Å². The number of hydrogen-bond donors (Lipinski definition) is 7. The number of aliphatic carboxylic acids is 1. The average Bonchev–Trinajstić information content (AvgIpc) is 2.97. The summed E-state index contributed by atoms with van der Waals surface area (Å²) in [5, 5.41) is 10.9. The number of hydrogen-bond acceptors (Lipinski definition) is 14. The molecular formula is C21H25N7O8. The fourth-order valence-electron chi connectivity index (χ4n) is 5.37. The number of carboxylic acids is 1. The minimum absolute atomic E-state index is 0.0328. The predicted octanol–water partition coefficient (Wildman–Crippen LogP) is -2.68. The van der Waals surface area contributed by atoms with Gasteiger partial charge in [-0.3, -0.25) is 20.1 Å². The molecule has 2 saturated heterocycles. The van der Waals surface area contributed by atoms with Crippen LogP contribution in [0.2, 0.25) is 0 Å². The molecule has 0 radical (unpaired) electrons. The Labute approximate surface area is 203 Å². The SMILES string of the molecule is NC1(C(N)(N)C2(C(=O)O)CCCCC2)NOC(=O)C2NN1NC1(C(=O)O2)C(=O)c2ccccc2C1=O. The Hall–Kier alpha value is -3.31. The van der Waals surface area contributed by atoms with Gasteiger partial charge in [-0.1, -0.05) is 43.5 Å². The Morgan fingerprint density at radius 2 is 1.64 bits per heavy atom. The van der Waals surface area contributed by atoms with Crippen molar-refractivity contribution in [2.24, 2.45) is 22.6 Å². The largest absolute Gasteiger partial charge is 0.481 e. The molecule has 192 valence electrons. The Morgan fingerprint density at radius 1 is 1.06 bits per heavy atom. The van der Waals surface area contributed by atoms with Crippen LogP contribution < -0.4 is 33.5 Å². The van der Waals surface area contributed by atoms with Gasteiger partial charge in [0.05, 0.1) is 0 Å². The number of fused-ring (bicyclic) bond motifs is 3. The van der Waals surface area contributed by atoms with Crippen LogP contribution in [0.25, 0.3) is 0 Å². The number of carbonyl (C=O) groups is 5. The molecule has 0 amide bonds. The molecule has 2 aliphatic carbocycles. The van der Waals surface area contributed by atoms with Crippen LogP contribution in [0.5, 0.6) is 0 Å². The maximum absolute atomic E-state index is 13.5. The average molecular weight is 503 g/mol. The normalized spacial score (nSPS) is 31.2. The van der Waals surface area contributed by atoms with E-state index in [1.54, 1.807) is 0 Å². The molecule has 1 aromatic rings. The van der Waals surface area contributed by atoms with Crippen molar-refractivity contribution in [3.63, 3.8) is 0 Å². The summed E-state index contributed by atoms with van der Waals surface area (Å²) in [5.74, 6) is -8.45. The molecule has 15 heteroatoms. The number of carboxylic acid groups (broad SMARTS) is 1. The van der Waals surface area contributed by atoms with Gasteiger partial charge in [-0.25, -0.2) is 15.0 Å². The highest BCUT2D eigenvalue weighted by molar-refractivity contribution is 6.42. The van der Waals surface area contributed by atoms with E-state index in [9.17, 15) is 29.1 Å². The van der Waals surface area contributed by atoms with Gasteiger partial charge in [-0.2, -0.15) is 5.43 Å². The summed E-state index contributed by atoms with van der Waals surface area (Å²) in [4.78, 5) is 70.3. The molecule has 5 rings (SSSR count). The number of nitrogens with two attached hydrogens (primary N) is 3. The smallest absolute Gasteiger partial charge is 0.383 e. The number of ketones is 2. The van der Waals surface area contributed by atoms with Crippen LogP contribution in [0.1, 0.15) is 52.8 Å². The summed E-state index contributed by atoms with van der Waals surface area (Å²) in [6, 6.07) is 5.71. The first kappa shape index (κ1) is 24.4. The van der Waals surface area contributed by atoms with Crippen LogP contribution in [0.15, 0.2) is 24.3 Å². The van der Waals surface area contributed by atoms with Gasteiger partial charge in [0, 0.05) is 11.1 Å². The third-order valence-electron chi connectivity index (χ3n) is 7.57. The number of rotatable bonds is 3. The van der Waals surface area contributed by atoms with Crippen molar-refractivity contribution in [2.75, 3.05) is 0 Å². The second kappa shape index (κ2) is 7.84. The van der Waals surface area contributed by atoms with E-state index in [4.69, 9.17) is 26.8 Å². The molecule has 1 saturated carbocycles. The van der Waals surface area contributed by atoms with Crippen molar-refractivity contribution in [2.45, 2.75) is 55.3 Å². The maximum Gasteiger partial charge on any atom is 0.383 e. The second-order valence-electron chi connectivity index (χ2n) is 9.42. The first-order valence-corrected chi connectivity index (χ1v) is 11.2. The number of ether oxygens (including phenoxy) is 1. The third kappa shape index (κ3) is 2.89. The topological polar surface area (TPSA) is 241 Å². The van der Waals surface area contributed by atoms with Crippen molar-refractivity contribution < 1.29 is 38.7 Å². The van der Waals surface area contributed by atoms with Crippen molar-refractivity contribution in [1.82, 2.24) is 21.4 Å². The number of benzene rings is 1. The monoisotopic (exact) mass is 503 g/mol. The lowest BCUT2D eigenvalue weighted by Crippen LogP contribution is -2.92. The van der Waals surface area contributed by atoms with Crippen LogP contribution in [0, 0.1) is 5.41 Å². The Balaban J connectivity index is 1.66. The standard InChI is InChI=1S/C21H25N7O8/c22-20(23,18(16(32)33)8-4-1-5-9-18)21(24)27-36-15(31)14-25-28(21)26-19(17(34)35-14)12(29)10-6-2-3-7-11(10)13(19)30/h2-3,6-7,14,25-27H,1,4-5,8-9,22-24H2,(H,32,33). The van der Waals surface area contributed by atoms with E-state index in [0.717, 1.165) is 6.42 Å². The van der Waals surface area contributed by atoms with Crippen molar-refractivity contribution in [3.05, 3.63) is 35.4 Å². The zero-order valence-electron chi connectivity index (χ0n) is 18.9. The van der Waals surface area contributed by atoms with Crippen LogP contribution in [0.4, 0.5) is 0 Å². The van der Waals surface area contributed by atoms with Crippen LogP contribution in [0.3, 0.4) is 0 Å². The summed E-state index contributed by atoms with van der Waals surface area (Å²) in [5.41, 5.74) is 19.6. The molecule has 3 fully saturated rings. The van der Waals surface area contributed by atoms with Crippen molar-refractivity contribution in [3.8, 4) is 0 Å². The van der Waals surface area contributed by atoms with E-state index in [0.29, 0.717) is 18.0 Å². The summed E-state index contributed by atoms with van der Waals surface area (Å²) >= 11 is 0. The third-order valence-corrected chi connectivity index (χ3v) is 7.57. The molecule has 10 N–H and O–H groups in total. The van der Waals surface area contributed by atoms with Gasteiger partial charge in [0.2, 0.25) is 17.4 Å². The first-order valence-electron chi connectivity index (χ1n) is 11.2. The molecule has 2 aliphatic heterocycles. The van der Waals surface area contributed by atoms with E-state index >= 15 is 0 Å². The van der Waals surface area contributed by atoms with Crippen LogP contribution >= 0.6 is 0 Å². The summed E-state index contributed by atoms with van der Waals surface area (Å²) in [7, 11) is 0.